The molecule has 2 rings (SSSR count). The minimum absolute atomic E-state index is 3.30. The highest BCUT2D eigenvalue weighted by Gasteiger charge is 2.73. The van der Waals surface area contributed by atoms with Gasteiger partial charge in [-0.3, -0.25) is 0 Å². The minimum Gasteiger partial charge on any atom is -0.384 e. The zero-order valence-corrected chi connectivity index (χ0v) is 15.6. The first-order valence-electron chi connectivity index (χ1n) is 7.80. The van der Waals surface area contributed by atoms with E-state index in [4.69, 9.17) is 34.8 Å². The molecule has 8 atom stereocenters. The van der Waals surface area contributed by atoms with Crippen molar-refractivity contribution in [2.24, 2.45) is 11.8 Å². The first-order chi connectivity index (χ1) is 12.6. The van der Waals surface area contributed by atoms with Crippen molar-refractivity contribution >= 4 is 34.8 Å². The fourth-order valence-electron chi connectivity index (χ4n) is 3.77. The van der Waals surface area contributed by atoms with E-state index in [-0.39, 0.29) is 0 Å². The number of hydrogen-bond acceptors (Lipinski definition) is 1. The van der Waals surface area contributed by atoms with E-state index in [0.717, 1.165) is 0 Å². The predicted octanol–water partition coefficient (Wildman–Crippen LogP) is 4.73. The maximum Gasteiger partial charge on any atom is 0.219 e. The molecule has 2 fully saturated rings. The quantitative estimate of drug-likeness (QED) is 0.436. The van der Waals surface area contributed by atoms with Crippen molar-refractivity contribution < 1.29 is 49.0 Å². The number of aliphatic hydroxyl groups is 1. The van der Waals surface area contributed by atoms with Crippen LogP contribution in [0.1, 0.15) is 0 Å². The van der Waals surface area contributed by atoms with Crippen molar-refractivity contribution in [2.75, 3.05) is 0 Å². The zero-order valence-electron chi connectivity index (χ0n) is 13.3. The summed E-state index contributed by atoms with van der Waals surface area (Å²) in [7, 11) is 0. The molecule has 166 valence electrons. The number of halogens is 13. The van der Waals surface area contributed by atoms with Gasteiger partial charge < -0.3 is 5.11 Å². The van der Waals surface area contributed by atoms with Crippen LogP contribution in [0.2, 0.25) is 0 Å². The Bertz CT molecular complexity index is 498. The monoisotopic (exact) mass is 492 g/mol. The van der Waals surface area contributed by atoms with E-state index in [1.54, 1.807) is 0 Å². The van der Waals surface area contributed by atoms with Gasteiger partial charge in [-0.25, -0.2) is 43.9 Å². The van der Waals surface area contributed by atoms with Crippen molar-refractivity contribution in [3.05, 3.63) is 0 Å². The second-order valence-corrected chi connectivity index (χ2v) is 9.10. The van der Waals surface area contributed by atoms with Crippen LogP contribution in [0, 0.1) is 11.8 Å². The van der Waals surface area contributed by atoms with Gasteiger partial charge in [0.25, 0.3) is 0 Å². The number of rotatable bonds is 2. The van der Waals surface area contributed by atoms with Crippen LogP contribution in [0.3, 0.4) is 0 Å². The standard InChI is InChI=1S/C14H13Cl3F10O/c15-14(16,17)13(28,1-3(18)7(22)11(26)8(23)4(1)19)2-5(20)9(24)12(27)10(25)6(2)21/h1-12,28H. The van der Waals surface area contributed by atoms with Crippen LogP contribution in [-0.4, -0.2) is 76.2 Å². The number of alkyl halides is 13. The molecule has 0 saturated heterocycles. The summed E-state index contributed by atoms with van der Waals surface area (Å²) < 4.78 is 136. The third-order valence-corrected chi connectivity index (χ3v) is 6.18. The Balaban J connectivity index is 2.64. The Hall–Kier alpha value is 0.130. The molecule has 1 N–H and O–H groups in total. The molecule has 0 heterocycles. The summed E-state index contributed by atoms with van der Waals surface area (Å²) in [6.45, 7) is 0. The van der Waals surface area contributed by atoms with Gasteiger partial charge in [0, 0.05) is 0 Å². The lowest BCUT2D eigenvalue weighted by Crippen LogP contribution is -2.73. The molecule has 8 unspecified atom stereocenters. The molecular weight excluding hydrogens is 480 g/mol. The van der Waals surface area contributed by atoms with E-state index >= 15 is 0 Å². The smallest absolute Gasteiger partial charge is 0.219 e. The lowest BCUT2D eigenvalue weighted by molar-refractivity contribution is -0.221. The van der Waals surface area contributed by atoms with Gasteiger partial charge in [-0.1, -0.05) is 34.8 Å². The summed E-state index contributed by atoms with van der Waals surface area (Å²) in [5.41, 5.74) is -4.14. The molecule has 0 aromatic carbocycles. The Morgan fingerprint density at radius 3 is 0.786 bits per heavy atom. The highest BCUT2D eigenvalue weighted by molar-refractivity contribution is 6.68. The Morgan fingerprint density at radius 2 is 0.607 bits per heavy atom. The van der Waals surface area contributed by atoms with Crippen LogP contribution in [0.15, 0.2) is 0 Å². The van der Waals surface area contributed by atoms with E-state index in [0.29, 0.717) is 0 Å². The van der Waals surface area contributed by atoms with Crippen LogP contribution in [0.25, 0.3) is 0 Å². The SMILES string of the molecule is OC(C1C(F)C(F)C(F)C(F)C1F)(C1C(F)C(F)C(F)C(F)C1F)C(Cl)(Cl)Cl. The molecule has 14 heteroatoms. The van der Waals surface area contributed by atoms with Gasteiger partial charge in [0.1, 0.15) is 30.3 Å². The molecule has 0 aromatic rings. The third-order valence-electron chi connectivity index (χ3n) is 5.28. The fourth-order valence-corrected chi connectivity index (χ4v) is 4.52. The first kappa shape index (κ1) is 24.4. The normalized spacial score (nSPS) is 52.9. The second kappa shape index (κ2) is 8.00. The second-order valence-electron chi connectivity index (χ2n) is 6.82. The van der Waals surface area contributed by atoms with Gasteiger partial charge in [-0.15, -0.1) is 0 Å². The molecule has 28 heavy (non-hydrogen) atoms. The molecule has 0 amide bonds. The average Bonchev–Trinajstić information content (AvgIpc) is 2.60. The van der Waals surface area contributed by atoms with Crippen LogP contribution in [-0.2, 0) is 0 Å². The summed E-state index contributed by atoms with van der Waals surface area (Å²) in [5.74, 6) is -6.59. The van der Waals surface area contributed by atoms with Crippen LogP contribution in [0.5, 0.6) is 0 Å². The Morgan fingerprint density at radius 1 is 0.429 bits per heavy atom. The van der Waals surface area contributed by atoms with Gasteiger partial charge in [0.15, 0.2) is 37.0 Å². The van der Waals surface area contributed by atoms with Crippen LogP contribution >= 0.6 is 34.8 Å². The molecule has 0 aliphatic heterocycles. The summed E-state index contributed by atoms with van der Waals surface area (Å²) in [6.07, 6.45) is -34.8. The Labute approximate surface area is 167 Å². The van der Waals surface area contributed by atoms with Crippen LogP contribution in [0.4, 0.5) is 43.9 Å². The van der Waals surface area contributed by atoms with Gasteiger partial charge in [0.05, 0.1) is 11.8 Å². The summed E-state index contributed by atoms with van der Waals surface area (Å²) in [5, 5.41) is 10.7. The minimum atomic E-state index is -4.14. The zero-order chi connectivity index (χ0) is 21.9. The highest BCUT2D eigenvalue weighted by Crippen LogP contribution is 2.57. The predicted molar refractivity (Wildman–Crippen MR) is 81.2 cm³/mol. The molecule has 2 aliphatic rings. The average molecular weight is 494 g/mol. The molecular formula is C14H13Cl3F10O. The first-order valence-corrected chi connectivity index (χ1v) is 8.93. The maximum absolute atomic E-state index is 14.4. The lowest BCUT2D eigenvalue weighted by atomic mass is 9.62. The van der Waals surface area contributed by atoms with E-state index in [1.165, 1.54) is 0 Å². The van der Waals surface area contributed by atoms with E-state index < -0.39 is 82.9 Å². The largest absolute Gasteiger partial charge is 0.384 e. The molecule has 0 aromatic heterocycles. The van der Waals surface area contributed by atoms with Gasteiger partial charge >= 0.3 is 0 Å². The van der Waals surface area contributed by atoms with E-state index in [1.807, 2.05) is 0 Å². The maximum atomic E-state index is 14.4. The topological polar surface area (TPSA) is 20.2 Å². The van der Waals surface area contributed by atoms with Gasteiger partial charge in [-0.05, 0) is 0 Å². The van der Waals surface area contributed by atoms with Crippen molar-refractivity contribution in [3.8, 4) is 0 Å². The molecule has 0 spiro atoms. The third kappa shape index (κ3) is 3.45. The van der Waals surface area contributed by atoms with E-state index in [2.05, 4.69) is 0 Å². The van der Waals surface area contributed by atoms with Crippen molar-refractivity contribution in [2.45, 2.75) is 71.1 Å². The Kier molecular flexibility index (Phi) is 6.97. The molecule has 0 bridgehead atoms. The summed E-state index contributed by atoms with van der Waals surface area (Å²) in [6, 6.07) is 0. The van der Waals surface area contributed by atoms with Crippen LogP contribution < -0.4 is 0 Å². The van der Waals surface area contributed by atoms with Gasteiger partial charge in [0.2, 0.25) is 3.79 Å². The molecule has 2 saturated carbocycles. The molecule has 0 radical (unpaired) electrons. The van der Waals surface area contributed by atoms with Gasteiger partial charge in [-0.2, -0.15) is 0 Å². The summed E-state index contributed by atoms with van der Waals surface area (Å²) >= 11 is 16.1. The van der Waals surface area contributed by atoms with Crippen molar-refractivity contribution in [1.82, 2.24) is 0 Å². The molecule has 2 aliphatic carbocycles. The summed E-state index contributed by atoms with van der Waals surface area (Å²) in [4.78, 5) is 0. The molecule has 1 nitrogen and oxygen atoms in total. The van der Waals surface area contributed by atoms with Crippen molar-refractivity contribution in [3.63, 3.8) is 0 Å². The fraction of sp³-hybridized carbons (Fsp3) is 1.00. The highest BCUT2D eigenvalue weighted by atomic mass is 35.6. The lowest BCUT2D eigenvalue weighted by Gasteiger charge is -2.54. The number of hydrogen-bond donors (Lipinski definition) is 1. The van der Waals surface area contributed by atoms with Crippen molar-refractivity contribution in [1.29, 1.82) is 0 Å². The van der Waals surface area contributed by atoms with E-state index in [9.17, 15) is 49.0 Å².